The van der Waals surface area contributed by atoms with E-state index in [2.05, 4.69) is 20.4 Å². The van der Waals surface area contributed by atoms with E-state index in [1.165, 1.54) is 31.3 Å². The van der Waals surface area contributed by atoms with Crippen LogP contribution in [0.1, 0.15) is 21.5 Å². The lowest BCUT2D eigenvalue weighted by Crippen LogP contribution is -2.17. The molecule has 1 amide bonds. The molecule has 3 rings (SSSR count). The van der Waals surface area contributed by atoms with E-state index in [1.54, 1.807) is 19.2 Å². The van der Waals surface area contributed by atoms with Crippen LogP contribution < -0.4 is 15.4 Å². The second-order valence-electron chi connectivity index (χ2n) is 6.61. The zero-order valence-corrected chi connectivity index (χ0v) is 17.0. The Morgan fingerprint density at radius 1 is 1.03 bits per heavy atom. The Kier molecular flexibility index (Phi) is 6.35. The topological polar surface area (TPSA) is 63.2 Å². The molecule has 0 aliphatic rings. The molecule has 0 spiro atoms. The van der Waals surface area contributed by atoms with Crippen molar-refractivity contribution in [3.8, 4) is 5.75 Å². The molecule has 0 bridgehead atoms. The van der Waals surface area contributed by atoms with Crippen LogP contribution in [0.2, 0.25) is 5.02 Å². The minimum absolute atomic E-state index is 0.0395. The fraction of sp³-hybridized carbons (Fsp3) is 0.143. The number of nitrogens with one attached hydrogen (secondary N) is 2. The van der Waals surface area contributed by atoms with Crippen molar-refractivity contribution in [1.82, 2.24) is 4.98 Å². The summed E-state index contributed by atoms with van der Waals surface area (Å²) in [6.45, 7) is 3.30. The van der Waals surface area contributed by atoms with E-state index in [0.29, 0.717) is 16.9 Å². The highest BCUT2D eigenvalue weighted by Crippen LogP contribution is 2.32. The highest BCUT2D eigenvalue weighted by Gasteiger charge is 2.31. The van der Waals surface area contributed by atoms with E-state index in [-0.39, 0.29) is 16.3 Å². The van der Waals surface area contributed by atoms with E-state index in [1.807, 2.05) is 0 Å². The molecule has 0 saturated heterocycles. The Morgan fingerprint density at radius 3 is 2.42 bits per heavy atom. The number of hydrogen-bond acceptors (Lipinski definition) is 4. The van der Waals surface area contributed by atoms with Gasteiger partial charge >= 0.3 is 6.36 Å². The van der Waals surface area contributed by atoms with Crippen LogP contribution in [0.4, 0.5) is 34.6 Å². The van der Waals surface area contributed by atoms with Gasteiger partial charge in [-0.2, -0.15) is 0 Å². The number of pyridine rings is 1. The van der Waals surface area contributed by atoms with Crippen LogP contribution in [0.25, 0.3) is 0 Å². The number of nitrogens with zero attached hydrogens (tertiary/aromatic N) is 1. The van der Waals surface area contributed by atoms with Crippen LogP contribution in [0.3, 0.4) is 0 Å². The maximum Gasteiger partial charge on any atom is 0.573 e. The molecule has 5 nitrogen and oxygen atoms in total. The first kappa shape index (κ1) is 22.4. The monoisotopic (exact) mass is 453 g/mol. The molecule has 0 aliphatic heterocycles. The minimum atomic E-state index is -4.82. The van der Waals surface area contributed by atoms with Gasteiger partial charge in [0, 0.05) is 23.8 Å². The van der Waals surface area contributed by atoms with Crippen LogP contribution in [0.5, 0.6) is 5.75 Å². The molecule has 0 aliphatic carbocycles. The summed E-state index contributed by atoms with van der Waals surface area (Å²) in [5.74, 6) is -1.73. The van der Waals surface area contributed by atoms with Gasteiger partial charge in [0.2, 0.25) is 0 Å². The quantitative estimate of drug-likeness (QED) is 0.440. The van der Waals surface area contributed by atoms with Crippen molar-refractivity contribution in [1.29, 1.82) is 0 Å². The summed E-state index contributed by atoms with van der Waals surface area (Å²) >= 11 is 5.86. The summed E-state index contributed by atoms with van der Waals surface area (Å²) in [5.41, 5.74) is 2.08. The van der Waals surface area contributed by atoms with Crippen LogP contribution in [0, 0.1) is 19.7 Å². The molecule has 10 heteroatoms. The zero-order valence-electron chi connectivity index (χ0n) is 16.3. The van der Waals surface area contributed by atoms with E-state index in [0.717, 1.165) is 17.7 Å². The average molecular weight is 454 g/mol. The van der Waals surface area contributed by atoms with Gasteiger partial charge in [0.05, 0.1) is 16.3 Å². The van der Waals surface area contributed by atoms with Crippen molar-refractivity contribution in [2.45, 2.75) is 20.2 Å². The van der Waals surface area contributed by atoms with Crippen LogP contribution >= 0.6 is 11.6 Å². The highest BCUT2D eigenvalue weighted by atomic mass is 35.5. The Balaban J connectivity index is 1.92. The summed E-state index contributed by atoms with van der Waals surface area (Å²) in [7, 11) is 0. The summed E-state index contributed by atoms with van der Waals surface area (Å²) < 4.78 is 55.2. The number of alkyl halides is 3. The molecular formula is C21H16ClF4N3O2. The standard InChI is InChI=1S/C21H16ClF4N3O2/c1-11-7-13(31-21(24,25)26)3-4-17(11)28-19-9-16(23)15(22)8-14(19)20(30)29-18-5-6-27-10-12(18)2/h3-10,28H,1-2H3,(H,27,29,30). The predicted molar refractivity (Wildman–Crippen MR) is 109 cm³/mol. The molecule has 31 heavy (non-hydrogen) atoms. The van der Waals surface area contributed by atoms with E-state index < -0.39 is 23.8 Å². The summed E-state index contributed by atoms with van der Waals surface area (Å²) in [5, 5.41) is 5.32. The van der Waals surface area contributed by atoms with Gasteiger partial charge in [0.15, 0.2) is 0 Å². The van der Waals surface area contributed by atoms with Crippen molar-refractivity contribution < 1.29 is 27.1 Å². The number of anilines is 3. The van der Waals surface area contributed by atoms with E-state index in [4.69, 9.17) is 11.6 Å². The van der Waals surface area contributed by atoms with Crippen molar-refractivity contribution in [3.63, 3.8) is 0 Å². The molecule has 1 aromatic heterocycles. The molecule has 0 fully saturated rings. The predicted octanol–water partition coefficient (Wildman–Crippen LogP) is 6.39. The maximum atomic E-state index is 14.1. The van der Waals surface area contributed by atoms with Gasteiger partial charge in [0.1, 0.15) is 11.6 Å². The van der Waals surface area contributed by atoms with Gasteiger partial charge < -0.3 is 15.4 Å². The lowest BCUT2D eigenvalue weighted by molar-refractivity contribution is -0.274. The first-order valence-electron chi connectivity index (χ1n) is 8.88. The maximum absolute atomic E-state index is 14.1. The summed E-state index contributed by atoms with van der Waals surface area (Å²) in [6.07, 6.45) is -1.75. The van der Waals surface area contributed by atoms with Crippen LogP contribution in [-0.4, -0.2) is 17.3 Å². The van der Waals surface area contributed by atoms with Gasteiger partial charge in [-0.05, 0) is 61.4 Å². The molecule has 2 N–H and O–H groups in total. The second-order valence-corrected chi connectivity index (χ2v) is 7.01. The Bertz CT molecular complexity index is 1140. The molecular weight excluding hydrogens is 438 g/mol. The van der Waals surface area contributed by atoms with E-state index >= 15 is 0 Å². The number of aryl methyl sites for hydroxylation is 2. The molecule has 162 valence electrons. The Hall–Kier alpha value is -3.33. The SMILES string of the molecule is Cc1cnccc1NC(=O)c1cc(Cl)c(F)cc1Nc1ccc(OC(F)(F)F)cc1C. The first-order valence-corrected chi connectivity index (χ1v) is 9.26. The number of rotatable bonds is 5. The fourth-order valence-electron chi connectivity index (χ4n) is 2.76. The fourth-order valence-corrected chi connectivity index (χ4v) is 2.92. The van der Waals surface area contributed by atoms with Crippen LogP contribution in [0.15, 0.2) is 48.8 Å². The van der Waals surface area contributed by atoms with Crippen molar-refractivity contribution >= 4 is 34.6 Å². The second kappa shape index (κ2) is 8.81. The smallest absolute Gasteiger partial charge is 0.406 e. The van der Waals surface area contributed by atoms with E-state index in [9.17, 15) is 22.4 Å². The lowest BCUT2D eigenvalue weighted by Gasteiger charge is -2.16. The Labute approximate surface area is 180 Å². The summed E-state index contributed by atoms with van der Waals surface area (Å²) in [6, 6.07) is 7.42. The lowest BCUT2D eigenvalue weighted by atomic mass is 10.1. The van der Waals surface area contributed by atoms with Crippen molar-refractivity contribution in [3.05, 3.63) is 76.3 Å². The number of carbonyl (C=O) groups is 1. The number of halogens is 5. The minimum Gasteiger partial charge on any atom is -0.406 e. The van der Waals surface area contributed by atoms with Gasteiger partial charge in [-0.25, -0.2) is 4.39 Å². The number of aromatic nitrogens is 1. The molecule has 0 atom stereocenters. The molecule has 2 aromatic carbocycles. The number of hydrogen-bond donors (Lipinski definition) is 2. The molecule has 3 aromatic rings. The summed E-state index contributed by atoms with van der Waals surface area (Å²) in [4.78, 5) is 16.8. The average Bonchev–Trinajstić information content (AvgIpc) is 2.67. The number of carbonyl (C=O) groups excluding carboxylic acids is 1. The van der Waals surface area contributed by atoms with Gasteiger partial charge in [0.25, 0.3) is 5.91 Å². The first-order chi connectivity index (χ1) is 14.5. The highest BCUT2D eigenvalue weighted by molar-refractivity contribution is 6.31. The van der Waals surface area contributed by atoms with Gasteiger partial charge in [-0.15, -0.1) is 13.2 Å². The number of amides is 1. The van der Waals surface area contributed by atoms with Gasteiger partial charge in [-0.3, -0.25) is 9.78 Å². The molecule has 0 unspecified atom stereocenters. The largest absolute Gasteiger partial charge is 0.573 e. The van der Waals surface area contributed by atoms with Crippen LogP contribution in [-0.2, 0) is 0 Å². The van der Waals surface area contributed by atoms with Crippen molar-refractivity contribution in [2.24, 2.45) is 0 Å². The molecule has 0 radical (unpaired) electrons. The Morgan fingerprint density at radius 2 is 1.77 bits per heavy atom. The van der Waals surface area contributed by atoms with Gasteiger partial charge in [-0.1, -0.05) is 11.6 Å². The zero-order chi connectivity index (χ0) is 22.8. The molecule has 1 heterocycles. The van der Waals surface area contributed by atoms with Crippen molar-refractivity contribution in [2.75, 3.05) is 10.6 Å². The third kappa shape index (κ3) is 5.64. The molecule has 0 saturated carbocycles. The number of ether oxygens (including phenoxy) is 1. The third-order valence-corrected chi connectivity index (χ3v) is 4.56. The third-order valence-electron chi connectivity index (χ3n) is 4.27. The number of benzene rings is 2. The normalized spacial score (nSPS) is 11.2.